The molecule has 116 valence electrons. The Labute approximate surface area is 132 Å². The Morgan fingerprint density at radius 3 is 2.59 bits per heavy atom. The number of nitrogens with one attached hydrogen (secondary N) is 1. The monoisotopic (exact) mass is 297 g/mol. The molecule has 0 aliphatic heterocycles. The standard InChI is InChI=1S/C18H23N3O/c1-21(2)17(16-11-7-12-19-14-16)18(22)20-13-6-10-15-8-4-3-5-9-15/h3-5,7-9,11-12,14,17H,6,10,13H2,1-2H3,(H,20,22). The largest absolute Gasteiger partial charge is 0.354 e. The smallest absolute Gasteiger partial charge is 0.242 e. The number of likely N-dealkylation sites (N-methyl/N-ethyl adjacent to an activating group) is 1. The van der Waals surface area contributed by atoms with Gasteiger partial charge in [-0.2, -0.15) is 0 Å². The van der Waals surface area contributed by atoms with Crippen molar-refractivity contribution in [2.75, 3.05) is 20.6 Å². The predicted octanol–water partition coefficient (Wildman–Crippen LogP) is 2.43. The number of rotatable bonds is 7. The third-order valence-corrected chi connectivity index (χ3v) is 3.55. The zero-order valence-electron chi connectivity index (χ0n) is 13.2. The summed E-state index contributed by atoms with van der Waals surface area (Å²) in [6.45, 7) is 0.679. The molecular formula is C18H23N3O. The first-order chi connectivity index (χ1) is 10.7. The number of hydrogen-bond acceptors (Lipinski definition) is 3. The Kier molecular flexibility index (Phi) is 6.10. The summed E-state index contributed by atoms with van der Waals surface area (Å²) in [7, 11) is 3.81. The summed E-state index contributed by atoms with van der Waals surface area (Å²) in [5.74, 6) is 0.0195. The molecule has 0 spiro atoms. The van der Waals surface area contributed by atoms with E-state index in [-0.39, 0.29) is 11.9 Å². The highest BCUT2D eigenvalue weighted by molar-refractivity contribution is 5.83. The maximum atomic E-state index is 12.4. The van der Waals surface area contributed by atoms with Gasteiger partial charge in [0.15, 0.2) is 0 Å². The first-order valence-electron chi connectivity index (χ1n) is 7.56. The normalized spacial score (nSPS) is 12.1. The second-order valence-corrected chi connectivity index (χ2v) is 5.53. The molecular weight excluding hydrogens is 274 g/mol. The highest BCUT2D eigenvalue weighted by atomic mass is 16.2. The van der Waals surface area contributed by atoms with Gasteiger partial charge in [-0.05, 0) is 44.1 Å². The number of nitrogens with zero attached hydrogens (tertiary/aromatic N) is 2. The minimum Gasteiger partial charge on any atom is -0.354 e. The number of hydrogen-bond donors (Lipinski definition) is 1. The van der Waals surface area contributed by atoms with Crippen LogP contribution in [0, 0.1) is 0 Å². The van der Waals surface area contributed by atoms with Crippen molar-refractivity contribution < 1.29 is 4.79 Å². The molecule has 1 aromatic heterocycles. The second kappa shape index (κ2) is 8.29. The summed E-state index contributed by atoms with van der Waals surface area (Å²) in [6.07, 6.45) is 5.37. The zero-order chi connectivity index (χ0) is 15.8. The van der Waals surface area contributed by atoms with Gasteiger partial charge >= 0.3 is 0 Å². The molecule has 1 amide bonds. The topological polar surface area (TPSA) is 45.2 Å². The van der Waals surface area contributed by atoms with Gasteiger partial charge in [0.2, 0.25) is 5.91 Å². The lowest BCUT2D eigenvalue weighted by atomic mass is 10.1. The van der Waals surface area contributed by atoms with Crippen LogP contribution in [0.3, 0.4) is 0 Å². The van der Waals surface area contributed by atoms with Crippen LogP contribution in [0.1, 0.15) is 23.6 Å². The van der Waals surface area contributed by atoms with Crippen LogP contribution in [0.2, 0.25) is 0 Å². The molecule has 0 radical (unpaired) electrons. The predicted molar refractivity (Wildman–Crippen MR) is 88.4 cm³/mol. The van der Waals surface area contributed by atoms with E-state index in [0.717, 1.165) is 18.4 Å². The van der Waals surface area contributed by atoms with Crippen molar-refractivity contribution in [2.45, 2.75) is 18.9 Å². The lowest BCUT2D eigenvalue weighted by Gasteiger charge is -2.23. The van der Waals surface area contributed by atoms with Crippen LogP contribution < -0.4 is 5.32 Å². The quantitative estimate of drug-likeness (QED) is 0.798. The highest BCUT2D eigenvalue weighted by Gasteiger charge is 2.22. The molecule has 1 atom stereocenters. The summed E-state index contributed by atoms with van der Waals surface area (Å²) >= 11 is 0. The van der Waals surface area contributed by atoms with Crippen LogP contribution in [0.5, 0.6) is 0 Å². The molecule has 4 heteroatoms. The van der Waals surface area contributed by atoms with Crippen LogP contribution in [0.25, 0.3) is 0 Å². The molecule has 4 nitrogen and oxygen atoms in total. The third kappa shape index (κ3) is 4.67. The van der Waals surface area contributed by atoms with Gasteiger partial charge in [0.1, 0.15) is 6.04 Å². The van der Waals surface area contributed by atoms with E-state index in [1.54, 1.807) is 12.4 Å². The lowest BCUT2D eigenvalue weighted by Crippen LogP contribution is -2.37. The molecule has 22 heavy (non-hydrogen) atoms. The number of aryl methyl sites for hydroxylation is 1. The van der Waals surface area contributed by atoms with Gasteiger partial charge in [-0.1, -0.05) is 36.4 Å². The molecule has 0 saturated heterocycles. The summed E-state index contributed by atoms with van der Waals surface area (Å²) < 4.78 is 0. The van der Waals surface area contributed by atoms with E-state index in [4.69, 9.17) is 0 Å². The molecule has 0 bridgehead atoms. The fraction of sp³-hybridized carbons (Fsp3) is 0.333. The van der Waals surface area contributed by atoms with Crippen molar-refractivity contribution >= 4 is 5.91 Å². The summed E-state index contributed by atoms with van der Waals surface area (Å²) in [6, 6.07) is 13.8. The van der Waals surface area contributed by atoms with Crippen molar-refractivity contribution in [3.63, 3.8) is 0 Å². The number of carbonyl (C=O) groups excluding carboxylic acids is 1. The molecule has 0 aliphatic carbocycles. The summed E-state index contributed by atoms with van der Waals surface area (Å²) in [5.41, 5.74) is 2.21. The van der Waals surface area contributed by atoms with E-state index in [1.165, 1.54) is 5.56 Å². The molecule has 0 saturated carbocycles. The minimum atomic E-state index is -0.301. The fourth-order valence-electron chi connectivity index (χ4n) is 2.47. The van der Waals surface area contributed by atoms with Gasteiger partial charge in [-0.3, -0.25) is 14.7 Å². The van der Waals surface area contributed by atoms with Crippen molar-refractivity contribution in [1.29, 1.82) is 0 Å². The Hall–Kier alpha value is -2.20. The third-order valence-electron chi connectivity index (χ3n) is 3.55. The van der Waals surface area contributed by atoms with Crippen molar-refractivity contribution in [2.24, 2.45) is 0 Å². The van der Waals surface area contributed by atoms with Gasteiger partial charge in [0.05, 0.1) is 0 Å². The Morgan fingerprint density at radius 2 is 1.95 bits per heavy atom. The average molecular weight is 297 g/mol. The molecule has 0 fully saturated rings. The van der Waals surface area contributed by atoms with E-state index >= 15 is 0 Å². The van der Waals surface area contributed by atoms with Gasteiger partial charge in [-0.25, -0.2) is 0 Å². The highest BCUT2D eigenvalue weighted by Crippen LogP contribution is 2.16. The molecule has 1 N–H and O–H groups in total. The van der Waals surface area contributed by atoms with Crippen LogP contribution in [-0.2, 0) is 11.2 Å². The van der Waals surface area contributed by atoms with Gasteiger partial charge < -0.3 is 5.32 Å². The fourth-order valence-corrected chi connectivity index (χ4v) is 2.47. The SMILES string of the molecule is CN(C)C(C(=O)NCCCc1ccccc1)c1cccnc1. The summed E-state index contributed by atoms with van der Waals surface area (Å²) in [4.78, 5) is 18.4. The summed E-state index contributed by atoms with van der Waals surface area (Å²) in [5, 5.41) is 3.02. The number of amides is 1. The van der Waals surface area contributed by atoms with E-state index in [1.807, 2.05) is 49.3 Å². The Balaban J connectivity index is 1.84. The number of benzene rings is 1. The van der Waals surface area contributed by atoms with Crippen molar-refractivity contribution in [1.82, 2.24) is 15.2 Å². The molecule has 2 aromatic rings. The second-order valence-electron chi connectivity index (χ2n) is 5.53. The number of carbonyl (C=O) groups is 1. The Morgan fingerprint density at radius 1 is 1.18 bits per heavy atom. The van der Waals surface area contributed by atoms with Crippen LogP contribution >= 0.6 is 0 Å². The van der Waals surface area contributed by atoms with E-state index in [9.17, 15) is 4.79 Å². The maximum absolute atomic E-state index is 12.4. The minimum absolute atomic E-state index is 0.0195. The van der Waals surface area contributed by atoms with E-state index in [0.29, 0.717) is 6.54 Å². The van der Waals surface area contributed by atoms with Gasteiger partial charge in [0.25, 0.3) is 0 Å². The maximum Gasteiger partial charge on any atom is 0.242 e. The lowest BCUT2D eigenvalue weighted by molar-refractivity contribution is -0.125. The molecule has 0 aliphatic rings. The average Bonchev–Trinajstić information content (AvgIpc) is 2.53. The zero-order valence-corrected chi connectivity index (χ0v) is 13.2. The van der Waals surface area contributed by atoms with Gasteiger partial charge in [-0.15, -0.1) is 0 Å². The number of pyridine rings is 1. The first kappa shape index (κ1) is 16.2. The van der Waals surface area contributed by atoms with Gasteiger partial charge in [0, 0.05) is 18.9 Å². The molecule has 2 rings (SSSR count). The number of aromatic nitrogens is 1. The van der Waals surface area contributed by atoms with E-state index in [2.05, 4.69) is 22.4 Å². The van der Waals surface area contributed by atoms with Crippen LogP contribution in [0.4, 0.5) is 0 Å². The molecule has 1 aromatic carbocycles. The van der Waals surface area contributed by atoms with Crippen molar-refractivity contribution in [3.8, 4) is 0 Å². The van der Waals surface area contributed by atoms with E-state index < -0.39 is 0 Å². The van der Waals surface area contributed by atoms with Crippen LogP contribution in [0.15, 0.2) is 54.9 Å². The van der Waals surface area contributed by atoms with Crippen molar-refractivity contribution in [3.05, 3.63) is 66.0 Å². The molecule has 1 heterocycles. The first-order valence-corrected chi connectivity index (χ1v) is 7.56. The Bertz CT molecular complexity index is 569. The molecule has 1 unspecified atom stereocenters. The van der Waals surface area contributed by atoms with Crippen LogP contribution in [-0.4, -0.2) is 36.4 Å².